The van der Waals surface area contributed by atoms with E-state index in [0.29, 0.717) is 21.2 Å². The van der Waals surface area contributed by atoms with Crippen LogP contribution in [0.3, 0.4) is 0 Å². The van der Waals surface area contributed by atoms with Crippen molar-refractivity contribution in [3.05, 3.63) is 52.3 Å². The van der Waals surface area contributed by atoms with E-state index in [9.17, 15) is 13.2 Å². The molecule has 0 aliphatic heterocycles. The van der Waals surface area contributed by atoms with Crippen LogP contribution >= 0.6 is 23.2 Å². The third-order valence-electron chi connectivity index (χ3n) is 2.39. The Morgan fingerprint density at radius 2 is 1.74 bits per heavy atom. The molecule has 0 aliphatic carbocycles. The molecular weight excluding hydrogens is 300 g/mol. The SMILES string of the molecule is Fc1ccc(-c2ccc(Cl)cc2Cl)cc1OC(F)F. The lowest BCUT2D eigenvalue weighted by molar-refractivity contribution is -0.0521. The molecule has 0 amide bonds. The summed E-state index contributed by atoms with van der Waals surface area (Å²) in [6.45, 7) is -3.09. The van der Waals surface area contributed by atoms with Gasteiger partial charge in [-0.15, -0.1) is 0 Å². The predicted molar refractivity (Wildman–Crippen MR) is 68.5 cm³/mol. The highest BCUT2D eigenvalue weighted by Gasteiger charge is 2.12. The van der Waals surface area contributed by atoms with E-state index < -0.39 is 18.2 Å². The standard InChI is InChI=1S/C13H7Cl2F3O/c14-8-2-3-9(10(15)6-8)7-1-4-11(16)12(5-7)19-13(17)18/h1-6,13H. The molecule has 0 radical (unpaired) electrons. The van der Waals surface area contributed by atoms with E-state index in [1.165, 1.54) is 12.1 Å². The van der Waals surface area contributed by atoms with Crippen LogP contribution in [-0.4, -0.2) is 6.61 Å². The van der Waals surface area contributed by atoms with Gasteiger partial charge in [-0.2, -0.15) is 8.78 Å². The maximum Gasteiger partial charge on any atom is 0.387 e. The van der Waals surface area contributed by atoms with E-state index in [4.69, 9.17) is 23.2 Å². The molecule has 0 saturated heterocycles. The molecule has 0 fully saturated rings. The Bertz CT molecular complexity index is 602. The first-order chi connectivity index (χ1) is 8.97. The molecule has 0 aliphatic rings. The monoisotopic (exact) mass is 306 g/mol. The summed E-state index contributed by atoms with van der Waals surface area (Å²) in [5.74, 6) is -1.40. The zero-order valence-electron chi connectivity index (χ0n) is 9.34. The van der Waals surface area contributed by atoms with E-state index in [0.717, 1.165) is 12.1 Å². The topological polar surface area (TPSA) is 9.23 Å². The predicted octanol–water partition coefficient (Wildman–Crippen LogP) is 5.40. The van der Waals surface area contributed by atoms with Gasteiger partial charge in [-0.1, -0.05) is 35.3 Å². The van der Waals surface area contributed by atoms with Crippen molar-refractivity contribution in [2.24, 2.45) is 0 Å². The number of ether oxygens (including phenoxy) is 1. The summed E-state index contributed by atoms with van der Waals surface area (Å²) in [4.78, 5) is 0. The molecule has 100 valence electrons. The summed E-state index contributed by atoms with van der Waals surface area (Å²) in [5.41, 5.74) is 1.00. The van der Waals surface area contributed by atoms with Gasteiger partial charge in [0.25, 0.3) is 0 Å². The minimum absolute atomic E-state index is 0.335. The molecule has 1 nitrogen and oxygen atoms in total. The Morgan fingerprint density at radius 3 is 2.37 bits per heavy atom. The van der Waals surface area contributed by atoms with Gasteiger partial charge in [-0.3, -0.25) is 0 Å². The maximum absolute atomic E-state index is 13.3. The Kier molecular flexibility index (Phi) is 4.22. The summed E-state index contributed by atoms with van der Waals surface area (Å²) in [5, 5.41) is 0.780. The van der Waals surface area contributed by atoms with Crippen molar-refractivity contribution < 1.29 is 17.9 Å². The number of hydrogen-bond donors (Lipinski definition) is 0. The normalized spacial score (nSPS) is 10.8. The average Bonchev–Trinajstić information content (AvgIpc) is 2.32. The van der Waals surface area contributed by atoms with Crippen molar-refractivity contribution >= 4 is 23.2 Å². The number of halogens is 5. The smallest absolute Gasteiger partial charge is 0.387 e. The lowest BCUT2D eigenvalue weighted by atomic mass is 10.1. The minimum Gasteiger partial charge on any atom is -0.432 e. The zero-order chi connectivity index (χ0) is 14.0. The van der Waals surface area contributed by atoms with E-state index in [2.05, 4.69) is 4.74 Å². The molecule has 0 atom stereocenters. The molecule has 2 rings (SSSR count). The van der Waals surface area contributed by atoms with Crippen LogP contribution in [0.15, 0.2) is 36.4 Å². The quantitative estimate of drug-likeness (QED) is 0.737. The first-order valence-corrected chi connectivity index (χ1v) is 5.93. The van der Waals surface area contributed by atoms with Crippen LogP contribution in [0.2, 0.25) is 10.0 Å². The van der Waals surface area contributed by atoms with Gasteiger partial charge in [0.15, 0.2) is 11.6 Å². The van der Waals surface area contributed by atoms with Gasteiger partial charge in [0.2, 0.25) is 0 Å². The summed E-state index contributed by atoms with van der Waals surface area (Å²) in [6, 6.07) is 8.34. The van der Waals surface area contributed by atoms with Crippen LogP contribution in [0.25, 0.3) is 11.1 Å². The second kappa shape index (κ2) is 5.72. The van der Waals surface area contributed by atoms with Gasteiger partial charge in [0.05, 0.1) is 0 Å². The molecule has 2 aromatic rings. The van der Waals surface area contributed by atoms with E-state index >= 15 is 0 Å². The van der Waals surface area contributed by atoms with Gasteiger partial charge >= 0.3 is 6.61 Å². The first kappa shape index (κ1) is 14.0. The minimum atomic E-state index is -3.09. The lowest BCUT2D eigenvalue weighted by Gasteiger charge is -2.09. The average molecular weight is 307 g/mol. The lowest BCUT2D eigenvalue weighted by Crippen LogP contribution is -2.03. The molecule has 19 heavy (non-hydrogen) atoms. The zero-order valence-corrected chi connectivity index (χ0v) is 10.9. The second-order valence-electron chi connectivity index (χ2n) is 3.65. The molecule has 0 unspecified atom stereocenters. The van der Waals surface area contributed by atoms with Crippen LogP contribution in [0.1, 0.15) is 0 Å². The molecule has 6 heteroatoms. The van der Waals surface area contributed by atoms with Crippen LogP contribution < -0.4 is 4.74 Å². The molecule has 2 aromatic carbocycles. The van der Waals surface area contributed by atoms with Crippen LogP contribution in [0, 0.1) is 5.82 Å². The third-order valence-corrected chi connectivity index (χ3v) is 2.94. The fourth-order valence-corrected chi connectivity index (χ4v) is 2.10. The molecule has 0 spiro atoms. The number of alkyl halides is 2. The largest absolute Gasteiger partial charge is 0.432 e. The van der Waals surface area contributed by atoms with Crippen molar-refractivity contribution in [2.75, 3.05) is 0 Å². The van der Waals surface area contributed by atoms with Gasteiger partial charge in [0.1, 0.15) is 0 Å². The highest BCUT2D eigenvalue weighted by molar-refractivity contribution is 6.36. The first-order valence-electron chi connectivity index (χ1n) is 5.17. The van der Waals surface area contributed by atoms with Gasteiger partial charge in [-0.05, 0) is 29.8 Å². The Balaban J connectivity index is 2.45. The van der Waals surface area contributed by atoms with Crippen LogP contribution in [0.4, 0.5) is 13.2 Å². The highest BCUT2D eigenvalue weighted by atomic mass is 35.5. The molecule has 0 saturated carbocycles. The summed E-state index contributed by atoms with van der Waals surface area (Å²) >= 11 is 11.8. The van der Waals surface area contributed by atoms with Crippen molar-refractivity contribution in [3.63, 3.8) is 0 Å². The number of hydrogen-bond acceptors (Lipinski definition) is 1. The fourth-order valence-electron chi connectivity index (χ4n) is 1.58. The highest BCUT2D eigenvalue weighted by Crippen LogP contribution is 2.33. The Morgan fingerprint density at radius 1 is 1.00 bits per heavy atom. The van der Waals surface area contributed by atoms with Crippen LogP contribution in [-0.2, 0) is 0 Å². The van der Waals surface area contributed by atoms with Crippen molar-refractivity contribution in [1.82, 2.24) is 0 Å². The third kappa shape index (κ3) is 3.33. The van der Waals surface area contributed by atoms with Crippen molar-refractivity contribution in [2.45, 2.75) is 6.61 Å². The summed E-state index contributed by atoms with van der Waals surface area (Å²) in [6.07, 6.45) is 0. The molecule has 0 bridgehead atoms. The van der Waals surface area contributed by atoms with Crippen molar-refractivity contribution in [1.29, 1.82) is 0 Å². The van der Waals surface area contributed by atoms with E-state index in [1.807, 2.05) is 0 Å². The van der Waals surface area contributed by atoms with Gasteiger partial charge < -0.3 is 4.74 Å². The van der Waals surface area contributed by atoms with E-state index in [1.54, 1.807) is 12.1 Å². The molecule has 0 N–H and O–H groups in total. The van der Waals surface area contributed by atoms with E-state index in [-0.39, 0.29) is 0 Å². The molecular formula is C13H7Cl2F3O. The van der Waals surface area contributed by atoms with Gasteiger partial charge in [-0.25, -0.2) is 4.39 Å². The summed E-state index contributed by atoms with van der Waals surface area (Å²) in [7, 11) is 0. The Labute approximate surface area is 117 Å². The fraction of sp³-hybridized carbons (Fsp3) is 0.0769. The number of benzene rings is 2. The maximum atomic E-state index is 13.3. The summed E-state index contributed by atoms with van der Waals surface area (Å²) < 4.78 is 41.7. The molecule has 0 aromatic heterocycles. The van der Waals surface area contributed by atoms with Crippen LogP contribution in [0.5, 0.6) is 5.75 Å². The van der Waals surface area contributed by atoms with Gasteiger partial charge in [0, 0.05) is 15.6 Å². The van der Waals surface area contributed by atoms with Crippen molar-refractivity contribution in [3.8, 4) is 16.9 Å². The number of rotatable bonds is 3. The Hall–Kier alpha value is -1.39. The second-order valence-corrected chi connectivity index (χ2v) is 4.49. The molecule has 0 heterocycles.